The van der Waals surface area contributed by atoms with Crippen LogP contribution in [0, 0.1) is 0 Å². The molecule has 0 unspecified atom stereocenters. The molecule has 2 amide bonds. The van der Waals surface area contributed by atoms with Gasteiger partial charge in [-0.3, -0.25) is 14.5 Å². The van der Waals surface area contributed by atoms with Crippen LogP contribution in [-0.2, 0) is 9.59 Å². The van der Waals surface area contributed by atoms with Crippen LogP contribution in [0.3, 0.4) is 0 Å². The zero-order chi connectivity index (χ0) is 16.9. The minimum absolute atomic E-state index is 0.114. The van der Waals surface area contributed by atoms with Crippen molar-refractivity contribution in [1.29, 1.82) is 0 Å². The lowest BCUT2D eigenvalue weighted by Gasteiger charge is -2.21. The molecule has 0 fully saturated rings. The van der Waals surface area contributed by atoms with Gasteiger partial charge in [0.15, 0.2) is 0 Å². The average molecular weight is 327 g/mol. The van der Waals surface area contributed by atoms with Crippen molar-refractivity contribution in [1.82, 2.24) is 4.98 Å². The Kier molecular flexibility index (Phi) is 4.60. The summed E-state index contributed by atoms with van der Waals surface area (Å²) in [6.45, 7) is 0.182. The molecule has 1 aliphatic rings. The summed E-state index contributed by atoms with van der Waals surface area (Å²) >= 11 is 0. The monoisotopic (exact) mass is 327 g/mol. The van der Waals surface area contributed by atoms with Crippen LogP contribution in [0.2, 0.25) is 0 Å². The Balaban J connectivity index is 1.79. The summed E-state index contributed by atoms with van der Waals surface area (Å²) < 4.78 is 10.7. The first-order valence-corrected chi connectivity index (χ1v) is 7.50. The molecule has 0 spiro atoms. The standard InChI is InChI=1S/C17H17N3O4/c1-23-17-12(5-4-9-18-17)19-15(21)11-20-13-6-2-3-7-14(13)24-10-8-16(20)22/h2-7,9H,8,10-11H2,1H3,(H,19,21). The summed E-state index contributed by atoms with van der Waals surface area (Å²) in [5.74, 6) is 0.409. The third-order valence-electron chi connectivity index (χ3n) is 3.57. The second kappa shape index (κ2) is 6.99. The molecular formula is C17H17N3O4. The molecule has 24 heavy (non-hydrogen) atoms. The number of pyridine rings is 1. The molecule has 0 atom stereocenters. The maximum atomic E-state index is 12.4. The zero-order valence-corrected chi connectivity index (χ0v) is 13.2. The molecule has 0 saturated heterocycles. The number of rotatable bonds is 4. The maximum Gasteiger partial charge on any atom is 0.244 e. The van der Waals surface area contributed by atoms with Gasteiger partial charge < -0.3 is 14.8 Å². The molecule has 124 valence electrons. The molecule has 0 bridgehead atoms. The fraction of sp³-hybridized carbons (Fsp3) is 0.235. The van der Waals surface area contributed by atoms with Gasteiger partial charge in [0, 0.05) is 6.20 Å². The van der Waals surface area contributed by atoms with Gasteiger partial charge >= 0.3 is 0 Å². The molecule has 3 rings (SSSR count). The van der Waals surface area contributed by atoms with Crippen LogP contribution in [0.1, 0.15) is 6.42 Å². The second-order valence-electron chi connectivity index (χ2n) is 5.15. The fourth-order valence-electron chi connectivity index (χ4n) is 2.48. The highest BCUT2D eigenvalue weighted by molar-refractivity contribution is 6.04. The Morgan fingerprint density at radius 3 is 3.00 bits per heavy atom. The van der Waals surface area contributed by atoms with Crippen molar-refractivity contribution in [3.63, 3.8) is 0 Å². The Bertz CT molecular complexity index is 763. The van der Waals surface area contributed by atoms with E-state index in [9.17, 15) is 9.59 Å². The quantitative estimate of drug-likeness (QED) is 0.927. The van der Waals surface area contributed by atoms with E-state index in [4.69, 9.17) is 9.47 Å². The van der Waals surface area contributed by atoms with Gasteiger partial charge in [-0.1, -0.05) is 12.1 Å². The number of para-hydroxylation sites is 2. The van der Waals surface area contributed by atoms with Crippen LogP contribution >= 0.6 is 0 Å². The molecule has 1 aromatic carbocycles. The van der Waals surface area contributed by atoms with Crippen LogP contribution in [0.25, 0.3) is 0 Å². The van der Waals surface area contributed by atoms with Gasteiger partial charge in [-0.05, 0) is 24.3 Å². The van der Waals surface area contributed by atoms with E-state index in [2.05, 4.69) is 10.3 Å². The van der Waals surface area contributed by atoms with Gasteiger partial charge in [0.2, 0.25) is 17.7 Å². The molecule has 1 N–H and O–H groups in total. The number of anilines is 2. The van der Waals surface area contributed by atoms with E-state index in [1.54, 1.807) is 36.5 Å². The number of nitrogens with one attached hydrogen (secondary N) is 1. The van der Waals surface area contributed by atoms with E-state index in [0.717, 1.165) is 0 Å². The summed E-state index contributed by atoms with van der Waals surface area (Å²) in [6, 6.07) is 10.5. The van der Waals surface area contributed by atoms with E-state index in [1.807, 2.05) is 6.07 Å². The summed E-state index contributed by atoms with van der Waals surface area (Å²) in [7, 11) is 1.48. The van der Waals surface area contributed by atoms with Crippen LogP contribution in [0.4, 0.5) is 11.4 Å². The van der Waals surface area contributed by atoms with Gasteiger partial charge in [-0.25, -0.2) is 4.98 Å². The number of hydrogen-bond donors (Lipinski definition) is 1. The Labute approximate surface area is 139 Å². The predicted octanol–water partition coefficient (Wildman–Crippen LogP) is 1.84. The van der Waals surface area contributed by atoms with Gasteiger partial charge in [0.1, 0.15) is 18.0 Å². The van der Waals surface area contributed by atoms with Crippen LogP contribution in [-0.4, -0.2) is 37.1 Å². The molecule has 2 aromatic rings. The van der Waals surface area contributed by atoms with Gasteiger partial charge in [-0.2, -0.15) is 0 Å². The van der Waals surface area contributed by atoms with Crippen LogP contribution < -0.4 is 19.7 Å². The molecule has 7 heteroatoms. The largest absolute Gasteiger partial charge is 0.491 e. The highest BCUT2D eigenvalue weighted by Gasteiger charge is 2.25. The minimum atomic E-state index is -0.341. The summed E-state index contributed by atoms with van der Waals surface area (Å²) in [4.78, 5) is 30.2. The van der Waals surface area contributed by atoms with E-state index in [-0.39, 0.29) is 24.8 Å². The average Bonchev–Trinajstić information content (AvgIpc) is 2.75. The van der Waals surface area contributed by atoms with Gasteiger partial charge in [0.05, 0.1) is 25.8 Å². The van der Waals surface area contributed by atoms with Crippen molar-refractivity contribution in [2.45, 2.75) is 6.42 Å². The summed E-state index contributed by atoms with van der Waals surface area (Å²) in [6.07, 6.45) is 1.79. The number of amides is 2. The highest BCUT2D eigenvalue weighted by Crippen LogP contribution is 2.31. The number of fused-ring (bicyclic) bond motifs is 1. The molecule has 1 aliphatic heterocycles. The van der Waals surface area contributed by atoms with Crippen molar-refractivity contribution in [2.75, 3.05) is 30.5 Å². The van der Waals surface area contributed by atoms with E-state index in [0.29, 0.717) is 29.6 Å². The second-order valence-corrected chi connectivity index (χ2v) is 5.15. The normalized spacial score (nSPS) is 13.5. The van der Waals surface area contributed by atoms with E-state index < -0.39 is 0 Å². The van der Waals surface area contributed by atoms with Crippen molar-refractivity contribution in [3.8, 4) is 11.6 Å². The minimum Gasteiger partial charge on any atom is -0.491 e. The molecular weight excluding hydrogens is 310 g/mol. The first-order chi connectivity index (χ1) is 11.7. The van der Waals surface area contributed by atoms with Crippen LogP contribution in [0.5, 0.6) is 11.6 Å². The SMILES string of the molecule is COc1ncccc1NC(=O)CN1C(=O)CCOc2ccccc21. The van der Waals surface area contributed by atoms with Gasteiger partial charge in [0.25, 0.3) is 0 Å². The molecule has 1 aromatic heterocycles. The highest BCUT2D eigenvalue weighted by atomic mass is 16.5. The molecule has 0 aliphatic carbocycles. The molecule has 0 radical (unpaired) electrons. The number of nitrogens with zero attached hydrogens (tertiary/aromatic N) is 2. The van der Waals surface area contributed by atoms with Gasteiger partial charge in [-0.15, -0.1) is 0 Å². The first-order valence-electron chi connectivity index (χ1n) is 7.50. The summed E-state index contributed by atoms with van der Waals surface area (Å²) in [5, 5.41) is 2.72. The molecule has 2 heterocycles. The molecule has 0 saturated carbocycles. The number of methoxy groups -OCH3 is 1. The predicted molar refractivity (Wildman–Crippen MR) is 88.3 cm³/mol. The topological polar surface area (TPSA) is 80.8 Å². The Hall–Kier alpha value is -3.09. The third-order valence-corrected chi connectivity index (χ3v) is 3.57. The van der Waals surface area contributed by atoms with Crippen molar-refractivity contribution < 1.29 is 19.1 Å². The van der Waals surface area contributed by atoms with Crippen LogP contribution in [0.15, 0.2) is 42.6 Å². The van der Waals surface area contributed by atoms with Crippen molar-refractivity contribution in [3.05, 3.63) is 42.6 Å². The Morgan fingerprint density at radius 2 is 2.17 bits per heavy atom. The Morgan fingerprint density at radius 1 is 1.33 bits per heavy atom. The first kappa shape index (κ1) is 15.8. The van der Waals surface area contributed by atoms with E-state index >= 15 is 0 Å². The number of benzene rings is 1. The van der Waals surface area contributed by atoms with E-state index in [1.165, 1.54) is 12.0 Å². The zero-order valence-electron chi connectivity index (χ0n) is 13.2. The lowest BCUT2D eigenvalue weighted by molar-refractivity contribution is -0.121. The number of hydrogen-bond acceptors (Lipinski definition) is 5. The summed E-state index contributed by atoms with van der Waals surface area (Å²) in [5.41, 5.74) is 1.05. The fourth-order valence-corrected chi connectivity index (χ4v) is 2.48. The smallest absolute Gasteiger partial charge is 0.244 e. The lowest BCUT2D eigenvalue weighted by Crippen LogP contribution is -2.37. The number of ether oxygens (including phenoxy) is 2. The number of aromatic nitrogens is 1. The number of carbonyl (C=O) groups excluding carboxylic acids is 2. The third kappa shape index (κ3) is 3.29. The van der Waals surface area contributed by atoms with Crippen molar-refractivity contribution >= 4 is 23.2 Å². The molecule has 7 nitrogen and oxygen atoms in total. The van der Waals surface area contributed by atoms with Crippen molar-refractivity contribution in [2.24, 2.45) is 0 Å². The maximum absolute atomic E-state index is 12.4. The number of carbonyl (C=O) groups is 2. The lowest BCUT2D eigenvalue weighted by atomic mass is 10.2.